The van der Waals surface area contributed by atoms with Crippen molar-refractivity contribution >= 4 is 11.5 Å². The van der Waals surface area contributed by atoms with E-state index in [2.05, 4.69) is 24.1 Å². The maximum atomic E-state index is 10.5. The van der Waals surface area contributed by atoms with Gasteiger partial charge in [0.25, 0.3) is 0 Å². The maximum Gasteiger partial charge on any atom is 0.363 e. The van der Waals surface area contributed by atoms with Gasteiger partial charge in [0.05, 0.1) is 5.69 Å². The molecule has 1 aromatic heterocycles. The van der Waals surface area contributed by atoms with Crippen molar-refractivity contribution in [1.82, 2.24) is 4.98 Å². The van der Waals surface area contributed by atoms with E-state index in [0.717, 1.165) is 18.0 Å². The van der Waals surface area contributed by atoms with Crippen molar-refractivity contribution in [2.75, 3.05) is 5.32 Å². The first-order valence-electron chi connectivity index (χ1n) is 6.45. The molecule has 98 valence electrons. The zero-order valence-corrected chi connectivity index (χ0v) is 10.8. The van der Waals surface area contributed by atoms with Crippen LogP contribution in [0.1, 0.15) is 33.1 Å². The van der Waals surface area contributed by atoms with E-state index in [4.69, 9.17) is 0 Å². The molecule has 0 spiro atoms. The van der Waals surface area contributed by atoms with E-state index >= 15 is 0 Å². The molecule has 0 unspecified atom stereocenters. The molecule has 1 saturated carbocycles. The summed E-state index contributed by atoms with van der Waals surface area (Å²) in [6.45, 7) is 4.55. The van der Waals surface area contributed by atoms with E-state index in [1.165, 1.54) is 18.9 Å². The summed E-state index contributed by atoms with van der Waals surface area (Å²) in [5.41, 5.74) is 0.867. The number of nitro groups is 1. The Hall–Kier alpha value is -1.65. The second kappa shape index (κ2) is 5.33. The van der Waals surface area contributed by atoms with E-state index in [-0.39, 0.29) is 5.82 Å². The van der Waals surface area contributed by atoms with Crippen LogP contribution in [0.5, 0.6) is 0 Å². The minimum absolute atomic E-state index is 0.106. The highest BCUT2D eigenvalue weighted by Gasteiger charge is 2.27. The summed E-state index contributed by atoms with van der Waals surface area (Å²) < 4.78 is 0. The molecule has 1 fully saturated rings. The Balaban J connectivity index is 2.02. The van der Waals surface area contributed by atoms with Gasteiger partial charge in [-0.3, -0.25) is 0 Å². The molecule has 1 N–H and O–H groups in total. The van der Waals surface area contributed by atoms with Crippen LogP contribution < -0.4 is 5.32 Å². The standard InChI is InChI=1S/C13H19N3O2/c1-9-4-3-5-12(10(9)2)15-11-6-7-13(14-8-11)16(17)18/h6-10,12,15H,3-5H2,1-2H3/t9-,10-,12+/m1/s1. The zero-order valence-electron chi connectivity index (χ0n) is 10.8. The van der Waals surface area contributed by atoms with Gasteiger partial charge in [-0.1, -0.05) is 26.7 Å². The minimum atomic E-state index is -0.477. The summed E-state index contributed by atoms with van der Waals surface area (Å²) in [6.07, 6.45) is 5.23. The highest BCUT2D eigenvalue weighted by molar-refractivity contribution is 5.44. The number of hydrogen-bond acceptors (Lipinski definition) is 4. The lowest BCUT2D eigenvalue weighted by atomic mass is 9.78. The monoisotopic (exact) mass is 249 g/mol. The molecule has 1 aromatic rings. The summed E-state index contributed by atoms with van der Waals surface area (Å²) in [5, 5.41) is 14.0. The third-order valence-electron chi connectivity index (χ3n) is 3.99. The predicted molar refractivity (Wildman–Crippen MR) is 70.5 cm³/mol. The lowest BCUT2D eigenvalue weighted by Crippen LogP contribution is -2.35. The fourth-order valence-electron chi connectivity index (χ4n) is 2.58. The molecule has 0 saturated heterocycles. The van der Waals surface area contributed by atoms with Crippen LogP contribution in [-0.4, -0.2) is 15.9 Å². The number of aromatic nitrogens is 1. The van der Waals surface area contributed by atoms with Crippen LogP contribution in [0.15, 0.2) is 18.3 Å². The van der Waals surface area contributed by atoms with Crippen LogP contribution in [0.3, 0.4) is 0 Å². The first-order chi connectivity index (χ1) is 8.58. The summed E-state index contributed by atoms with van der Waals surface area (Å²) in [6, 6.07) is 3.62. The summed E-state index contributed by atoms with van der Waals surface area (Å²) in [5.74, 6) is 1.24. The summed E-state index contributed by atoms with van der Waals surface area (Å²) >= 11 is 0. The van der Waals surface area contributed by atoms with Crippen LogP contribution in [-0.2, 0) is 0 Å². The van der Waals surface area contributed by atoms with E-state index in [0.29, 0.717) is 12.0 Å². The molecular formula is C13H19N3O2. The normalized spacial score (nSPS) is 27.8. The van der Waals surface area contributed by atoms with Gasteiger partial charge in [-0.25, -0.2) is 0 Å². The van der Waals surface area contributed by atoms with Gasteiger partial charge < -0.3 is 15.4 Å². The molecule has 1 heterocycles. The lowest BCUT2D eigenvalue weighted by molar-refractivity contribution is -0.389. The van der Waals surface area contributed by atoms with Gasteiger partial charge >= 0.3 is 5.82 Å². The van der Waals surface area contributed by atoms with Gasteiger partial charge in [-0.05, 0) is 34.2 Å². The Labute approximate surface area is 107 Å². The largest absolute Gasteiger partial charge is 0.379 e. The molecule has 0 aromatic carbocycles. The lowest BCUT2D eigenvalue weighted by Gasteiger charge is -2.34. The zero-order chi connectivity index (χ0) is 13.1. The Kier molecular flexibility index (Phi) is 3.79. The van der Waals surface area contributed by atoms with Crippen molar-refractivity contribution in [3.63, 3.8) is 0 Å². The third-order valence-corrected chi connectivity index (χ3v) is 3.99. The van der Waals surface area contributed by atoms with Crippen molar-refractivity contribution in [2.45, 2.75) is 39.2 Å². The first-order valence-corrected chi connectivity index (χ1v) is 6.45. The highest BCUT2D eigenvalue weighted by atomic mass is 16.6. The second-order valence-electron chi connectivity index (χ2n) is 5.18. The quantitative estimate of drug-likeness (QED) is 0.659. The van der Waals surface area contributed by atoms with Gasteiger partial charge in [0.1, 0.15) is 0 Å². The molecule has 0 aliphatic heterocycles. The van der Waals surface area contributed by atoms with Gasteiger partial charge in [0, 0.05) is 12.1 Å². The molecule has 2 rings (SSSR count). The van der Waals surface area contributed by atoms with Crippen molar-refractivity contribution < 1.29 is 4.92 Å². The van der Waals surface area contributed by atoms with Gasteiger partial charge in [0.2, 0.25) is 0 Å². The molecular weight excluding hydrogens is 230 g/mol. The number of nitrogens with zero attached hydrogens (tertiary/aromatic N) is 2. The van der Waals surface area contributed by atoms with E-state index < -0.39 is 4.92 Å². The fourth-order valence-corrected chi connectivity index (χ4v) is 2.58. The van der Waals surface area contributed by atoms with Crippen LogP contribution in [0.25, 0.3) is 0 Å². The first kappa shape index (κ1) is 12.8. The molecule has 3 atom stereocenters. The van der Waals surface area contributed by atoms with Crippen LogP contribution in [0.2, 0.25) is 0 Å². The Morgan fingerprint density at radius 3 is 2.78 bits per heavy atom. The average Bonchev–Trinajstić information content (AvgIpc) is 2.36. The Morgan fingerprint density at radius 2 is 2.17 bits per heavy atom. The fraction of sp³-hybridized carbons (Fsp3) is 0.615. The molecule has 1 aliphatic rings. The molecule has 0 radical (unpaired) electrons. The molecule has 18 heavy (non-hydrogen) atoms. The number of rotatable bonds is 3. The number of nitrogens with one attached hydrogen (secondary N) is 1. The average molecular weight is 249 g/mol. The van der Waals surface area contributed by atoms with Crippen LogP contribution in [0, 0.1) is 22.0 Å². The Bertz CT molecular complexity index is 419. The highest BCUT2D eigenvalue weighted by Crippen LogP contribution is 2.31. The maximum absolute atomic E-state index is 10.5. The number of hydrogen-bond donors (Lipinski definition) is 1. The number of pyridine rings is 1. The van der Waals surface area contributed by atoms with Gasteiger partial charge in [-0.15, -0.1) is 0 Å². The summed E-state index contributed by atoms with van der Waals surface area (Å²) in [7, 11) is 0. The summed E-state index contributed by atoms with van der Waals surface area (Å²) in [4.78, 5) is 13.9. The van der Waals surface area contributed by atoms with E-state index in [1.807, 2.05) is 0 Å². The Morgan fingerprint density at radius 1 is 1.39 bits per heavy atom. The van der Waals surface area contributed by atoms with Gasteiger partial charge in [-0.2, -0.15) is 0 Å². The third kappa shape index (κ3) is 2.78. The topological polar surface area (TPSA) is 68.1 Å². The van der Waals surface area contributed by atoms with E-state index in [1.54, 1.807) is 12.3 Å². The smallest absolute Gasteiger partial charge is 0.363 e. The van der Waals surface area contributed by atoms with Crippen molar-refractivity contribution in [1.29, 1.82) is 0 Å². The van der Waals surface area contributed by atoms with Gasteiger partial charge in [0.15, 0.2) is 6.20 Å². The van der Waals surface area contributed by atoms with Crippen molar-refractivity contribution in [3.05, 3.63) is 28.4 Å². The molecule has 5 heteroatoms. The van der Waals surface area contributed by atoms with Crippen LogP contribution in [0.4, 0.5) is 11.5 Å². The number of anilines is 1. The predicted octanol–water partition coefficient (Wildman–Crippen LogP) is 3.23. The second-order valence-corrected chi connectivity index (χ2v) is 5.18. The van der Waals surface area contributed by atoms with Crippen molar-refractivity contribution in [3.8, 4) is 0 Å². The van der Waals surface area contributed by atoms with Crippen molar-refractivity contribution in [2.24, 2.45) is 11.8 Å². The molecule has 0 bridgehead atoms. The molecule has 1 aliphatic carbocycles. The molecule has 5 nitrogen and oxygen atoms in total. The van der Waals surface area contributed by atoms with E-state index in [9.17, 15) is 10.1 Å². The molecule has 0 amide bonds. The van der Waals surface area contributed by atoms with Crippen LogP contribution >= 0.6 is 0 Å². The SMILES string of the molecule is C[C@@H]1[C@H](C)CCC[C@@H]1Nc1ccc([N+](=O)[O-])nc1. The minimum Gasteiger partial charge on any atom is -0.379 e.